The van der Waals surface area contributed by atoms with Crippen LogP contribution < -0.4 is 0 Å². The number of carbonyl (C=O) groups is 3. The topological polar surface area (TPSA) is 107 Å². The van der Waals surface area contributed by atoms with Crippen molar-refractivity contribution >= 4 is 18.1 Å². The van der Waals surface area contributed by atoms with E-state index in [-0.39, 0.29) is 0 Å². The molecule has 0 atom stereocenters. The highest BCUT2D eigenvalue weighted by Crippen LogP contribution is 2.35. The Morgan fingerprint density at radius 1 is 0.426 bits per heavy atom. The summed E-state index contributed by atoms with van der Waals surface area (Å²) in [5, 5.41) is 0. The Hall–Kier alpha value is -3.43. The van der Waals surface area contributed by atoms with E-state index >= 15 is 0 Å². The third kappa shape index (κ3) is 14.7. The lowest BCUT2D eigenvalue weighted by Gasteiger charge is -2.35. The van der Waals surface area contributed by atoms with Crippen LogP contribution >= 0.6 is 0 Å². The van der Waals surface area contributed by atoms with Crippen LogP contribution in [0.15, 0.2) is 48.5 Å². The summed E-state index contributed by atoms with van der Waals surface area (Å²) in [7, 11) is 0. The molecule has 0 bridgehead atoms. The highest BCUT2D eigenvalue weighted by Gasteiger charge is 2.44. The number of carbonyl (C=O) groups excluding carboxylic acids is 3. The number of ether oxygens (including phenoxy) is 2. The second kappa shape index (κ2) is 22.8. The fourth-order valence-electron chi connectivity index (χ4n) is 7.36. The molecule has 0 spiro atoms. The number of hydrogen-bond acceptors (Lipinski definition) is 9. The number of rotatable bonds is 10. The molecule has 2 aromatic rings. The van der Waals surface area contributed by atoms with Crippen LogP contribution in [-0.4, -0.2) is 29.7 Å². The van der Waals surface area contributed by atoms with Crippen LogP contribution in [0.3, 0.4) is 0 Å². The first-order valence-corrected chi connectivity index (χ1v) is 21.0. The third-order valence-corrected chi connectivity index (χ3v) is 10.9. The molecule has 2 aromatic carbocycles. The van der Waals surface area contributed by atoms with Gasteiger partial charge in [-0.15, -0.1) is 9.78 Å². The molecule has 0 amide bonds. The molecule has 2 saturated carbocycles. The lowest BCUT2D eigenvalue weighted by Crippen LogP contribution is -2.44. The predicted octanol–water partition coefficient (Wildman–Crippen LogP) is 13.0. The summed E-state index contributed by atoms with van der Waals surface area (Å²) in [6.07, 6.45) is 18.1. The Morgan fingerprint density at radius 2 is 0.685 bits per heavy atom. The van der Waals surface area contributed by atoms with Gasteiger partial charge in [0.05, 0.1) is 11.1 Å². The van der Waals surface area contributed by atoms with E-state index in [0.29, 0.717) is 74.3 Å². The molecule has 300 valence electrons. The second-order valence-corrected chi connectivity index (χ2v) is 16.1. The molecule has 2 fully saturated rings. The lowest BCUT2D eigenvalue weighted by molar-refractivity contribution is -0.409. The van der Waals surface area contributed by atoms with Crippen LogP contribution in [0, 0.1) is 0 Å². The van der Waals surface area contributed by atoms with Crippen LogP contribution in [-0.2, 0) is 29.0 Å². The first kappa shape index (κ1) is 43.3. The standard InChI is InChI=1S/C45H66O9/c1-35(2)37-23-27-39(28-24-37)41(46)51-53-44(31-19-15-11-7-5-8-12-16-20-32-44)49-43(48)50-45(33-21-17-13-9-6-10-14-18-22-34-45)54-52-42(47)40-29-25-38(26-30-40)36(3)4/h23-30,35-36H,5-22,31-34H2,1-4H3. The van der Waals surface area contributed by atoms with Gasteiger partial charge in [0.1, 0.15) is 0 Å². The monoisotopic (exact) mass is 750 g/mol. The molecule has 9 nitrogen and oxygen atoms in total. The lowest BCUT2D eigenvalue weighted by atomic mass is 9.97. The minimum absolute atomic E-state index is 0.317. The van der Waals surface area contributed by atoms with Gasteiger partial charge in [-0.05, 0) is 72.9 Å². The van der Waals surface area contributed by atoms with E-state index in [1.807, 2.05) is 24.3 Å². The fourth-order valence-corrected chi connectivity index (χ4v) is 7.36. The normalized spacial score (nSPS) is 19.2. The van der Waals surface area contributed by atoms with Gasteiger partial charge in [0.15, 0.2) is 0 Å². The van der Waals surface area contributed by atoms with E-state index in [2.05, 4.69) is 27.7 Å². The van der Waals surface area contributed by atoms with E-state index in [4.69, 9.17) is 29.0 Å². The van der Waals surface area contributed by atoms with Gasteiger partial charge in [0.2, 0.25) is 0 Å². The molecule has 54 heavy (non-hydrogen) atoms. The summed E-state index contributed by atoms with van der Waals surface area (Å²) in [6.45, 7) is 8.36. The van der Waals surface area contributed by atoms with Crippen LogP contribution in [0.4, 0.5) is 4.79 Å². The van der Waals surface area contributed by atoms with Gasteiger partial charge in [0, 0.05) is 25.7 Å². The van der Waals surface area contributed by atoms with Crippen molar-refractivity contribution in [3.63, 3.8) is 0 Å². The maximum Gasteiger partial charge on any atom is 0.513 e. The van der Waals surface area contributed by atoms with E-state index < -0.39 is 29.7 Å². The second-order valence-electron chi connectivity index (χ2n) is 16.1. The SMILES string of the molecule is CC(C)c1ccc(C(=O)OOC2(OC(=O)OC3(OOC(=O)c4ccc(C(C)C)cc4)CCCCCCCCCCC3)CCCCCCCCCCC2)cc1. The van der Waals surface area contributed by atoms with Crippen LogP contribution in [0.5, 0.6) is 0 Å². The molecule has 2 aliphatic carbocycles. The Balaban J connectivity index is 1.56. The average Bonchev–Trinajstić information content (AvgIpc) is 3.15. The Labute approximate surface area is 324 Å². The van der Waals surface area contributed by atoms with Crippen LogP contribution in [0.25, 0.3) is 0 Å². The zero-order chi connectivity index (χ0) is 38.7. The van der Waals surface area contributed by atoms with Crippen molar-refractivity contribution in [3.05, 3.63) is 70.8 Å². The molecule has 0 aliphatic heterocycles. The van der Waals surface area contributed by atoms with Crippen molar-refractivity contribution in [2.24, 2.45) is 0 Å². The predicted molar refractivity (Wildman–Crippen MR) is 209 cm³/mol. The van der Waals surface area contributed by atoms with Gasteiger partial charge >= 0.3 is 18.1 Å². The Kier molecular flexibility index (Phi) is 18.3. The van der Waals surface area contributed by atoms with Gasteiger partial charge in [-0.3, -0.25) is 9.78 Å². The quantitative estimate of drug-likeness (QED) is 0.101. The van der Waals surface area contributed by atoms with Crippen molar-refractivity contribution in [3.8, 4) is 0 Å². The number of hydrogen-bond donors (Lipinski definition) is 0. The average molecular weight is 751 g/mol. The zero-order valence-corrected chi connectivity index (χ0v) is 33.5. The van der Waals surface area contributed by atoms with Crippen molar-refractivity contribution in [1.82, 2.24) is 0 Å². The molecule has 0 aromatic heterocycles. The summed E-state index contributed by atoms with van der Waals surface area (Å²) < 4.78 is 12.3. The molecule has 0 saturated heterocycles. The van der Waals surface area contributed by atoms with E-state index in [0.717, 1.165) is 88.2 Å². The largest absolute Gasteiger partial charge is 0.513 e. The van der Waals surface area contributed by atoms with Crippen molar-refractivity contribution in [1.29, 1.82) is 0 Å². The van der Waals surface area contributed by atoms with Gasteiger partial charge < -0.3 is 9.47 Å². The molecule has 0 N–H and O–H groups in total. The highest BCUT2D eigenvalue weighted by molar-refractivity contribution is 5.89. The minimum Gasteiger partial charge on any atom is -0.398 e. The van der Waals surface area contributed by atoms with Gasteiger partial charge in [0.25, 0.3) is 11.6 Å². The van der Waals surface area contributed by atoms with Crippen molar-refractivity contribution < 1.29 is 43.4 Å². The zero-order valence-electron chi connectivity index (χ0n) is 33.5. The number of benzene rings is 2. The van der Waals surface area contributed by atoms with Gasteiger partial charge in [-0.25, -0.2) is 14.4 Å². The van der Waals surface area contributed by atoms with E-state index in [1.165, 1.54) is 12.8 Å². The molecule has 0 unspecified atom stereocenters. The maximum atomic E-state index is 14.1. The Morgan fingerprint density at radius 3 is 0.944 bits per heavy atom. The van der Waals surface area contributed by atoms with Gasteiger partial charge in [-0.1, -0.05) is 142 Å². The van der Waals surface area contributed by atoms with E-state index in [9.17, 15) is 14.4 Å². The first-order valence-electron chi connectivity index (χ1n) is 21.0. The smallest absolute Gasteiger partial charge is 0.398 e. The maximum absolute atomic E-state index is 14.1. The first-order chi connectivity index (χ1) is 26.1. The third-order valence-electron chi connectivity index (χ3n) is 10.9. The molecular weight excluding hydrogens is 684 g/mol. The minimum atomic E-state index is -1.56. The van der Waals surface area contributed by atoms with E-state index in [1.54, 1.807) is 24.3 Å². The van der Waals surface area contributed by atoms with Crippen LogP contribution in [0.2, 0.25) is 0 Å². The highest BCUT2D eigenvalue weighted by atomic mass is 17.3. The Bertz CT molecular complexity index is 1270. The van der Waals surface area contributed by atoms with Gasteiger partial charge in [-0.2, -0.15) is 0 Å². The van der Waals surface area contributed by atoms with Crippen molar-refractivity contribution in [2.75, 3.05) is 0 Å². The van der Waals surface area contributed by atoms with Crippen molar-refractivity contribution in [2.45, 2.75) is 192 Å². The molecule has 4 rings (SSSR count). The summed E-state index contributed by atoms with van der Waals surface area (Å²) in [4.78, 5) is 63.5. The summed E-state index contributed by atoms with van der Waals surface area (Å²) >= 11 is 0. The fraction of sp³-hybridized carbons (Fsp3) is 0.667. The molecule has 9 heteroatoms. The molecular formula is C45H66O9. The molecule has 0 radical (unpaired) electrons. The van der Waals surface area contributed by atoms with Crippen LogP contribution in [0.1, 0.15) is 213 Å². The summed E-state index contributed by atoms with van der Waals surface area (Å²) in [5.74, 6) is -3.83. The summed E-state index contributed by atoms with van der Waals surface area (Å²) in [5.41, 5.74) is 2.89. The summed E-state index contributed by atoms with van der Waals surface area (Å²) in [6, 6.07) is 14.5. The molecule has 0 heterocycles. The molecule has 2 aliphatic rings.